The summed E-state index contributed by atoms with van der Waals surface area (Å²) in [4.78, 5) is 0. The van der Waals surface area contributed by atoms with Crippen molar-refractivity contribution in [3.05, 3.63) is 35.4 Å². The Morgan fingerprint density at radius 3 is 2.70 bits per heavy atom. The van der Waals surface area contributed by atoms with Gasteiger partial charge >= 0.3 is 0 Å². The lowest BCUT2D eigenvalue weighted by atomic mass is 9.67. The van der Waals surface area contributed by atoms with Crippen LogP contribution in [0.15, 0.2) is 24.3 Å². The highest BCUT2D eigenvalue weighted by Gasteiger charge is 2.35. The lowest BCUT2D eigenvalue weighted by Crippen LogP contribution is -2.42. The number of fused-ring (bicyclic) bond motifs is 1. The molecule has 1 aromatic carbocycles. The molecule has 0 radical (unpaired) electrons. The van der Waals surface area contributed by atoms with Crippen molar-refractivity contribution in [1.82, 2.24) is 0 Å². The zero-order valence-electron chi connectivity index (χ0n) is 12.9. The van der Waals surface area contributed by atoms with Crippen molar-refractivity contribution in [2.75, 3.05) is 0 Å². The molecule has 2 aliphatic rings. The number of hydrogen-bond donors (Lipinski definition) is 1. The van der Waals surface area contributed by atoms with E-state index >= 15 is 0 Å². The van der Waals surface area contributed by atoms with Crippen LogP contribution in [0, 0.1) is 5.41 Å². The molecular formula is C19H29N. The van der Waals surface area contributed by atoms with Crippen molar-refractivity contribution >= 4 is 0 Å². The quantitative estimate of drug-likeness (QED) is 0.840. The van der Waals surface area contributed by atoms with Gasteiger partial charge in [-0.3, -0.25) is 0 Å². The maximum absolute atomic E-state index is 6.67. The summed E-state index contributed by atoms with van der Waals surface area (Å²) >= 11 is 0. The van der Waals surface area contributed by atoms with E-state index in [1.807, 2.05) is 0 Å². The predicted molar refractivity (Wildman–Crippen MR) is 85.9 cm³/mol. The molecule has 1 aromatic rings. The van der Waals surface area contributed by atoms with E-state index in [-0.39, 0.29) is 0 Å². The Kier molecular flexibility index (Phi) is 4.16. The number of aryl methyl sites for hydroxylation is 1. The second-order valence-corrected chi connectivity index (χ2v) is 7.34. The lowest BCUT2D eigenvalue weighted by molar-refractivity contribution is 0.156. The molecule has 0 saturated heterocycles. The van der Waals surface area contributed by atoms with Gasteiger partial charge in [0, 0.05) is 6.04 Å². The summed E-state index contributed by atoms with van der Waals surface area (Å²) in [5.74, 6) is 0.703. The molecule has 0 aromatic heterocycles. The van der Waals surface area contributed by atoms with Gasteiger partial charge in [0.05, 0.1) is 0 Å². The van der Waals surface area contributed by atoms with Gasteiger partial charge in [-0.25, -0.2) is 0 Å². The minimum absolute atomic E-state index is 0.374. The lowest BCUT2D eigenvalue weighted by Gasteiger charge is -2.41. The van der Waals surface area contributed by atoms with Crippen molar-refractivity contribution in [1.29, 1.82) is 0 Å². The van der Waals surface area contributed by atoms with Crippen LogP contribution in [0.2, 0.25) is 0 Å². The smallest absolute Gasteiger partial charge is 0.00987 e. The Bertz CT molecular complexity index is 445. The van der Waals surface area contributed by atoms with Crippen LogP contribution in [-0.2, 0) is 6.42 Å². The summed E-state index contributed by atoms with van der Waals surface area (Å²) in [6, 6.07) is 9.41. The standard InChI is InChI=1S/C19H29N/c1-19(12-5-2-6-13-19)18(20)14-16-10-7-9-15-8-3-4-11-17(15)16/h3-4,8,11,16,18H,2,5-7,9-10,12-14,20H2,1H3. The summed E-state index contributed by atoms with van der Waals surface area (Å²) in [5, 5.41) is 0. The van der Waals surface area contributed by atoms with Gasteiger partial charge in [-0.1, -0.05) is 50.5 Å². The summed E-state index contributed by atoms with van der Waals surface area (Å²) in [5.41, 5.74) is 10.2. The molecule has 1 fully saturated rings. The molecule has 3 rings (SSSR count). The number of hydrogen-bond acceptors (Lipinski definition) is 1. The zero-order chi connectivity index (χ0) is 14.0. The second kappa shape index (κ2) is 5.89. The van der Waals surface area contributed by atoms with Crippen LogP contribution in [0.3, 0.4) is 0 Å². The fourth-order valence-corrected chi connectivity index (χ4v) is 4.42. The number of nitrogens with two attached hydrogens (primary N) is 1. The van der Waals surface area contributed by atoms with E-state index in [1.54, 1.807) is 11.1 Å². The summed E-state index contributed by atoms with van der Waals surface area (Å²) in [7, 11) is 0. The second-order valence-electron chi connectivity index (χ2n) is 7.34. The van der Waals surface area contributed by atoms with E-state index in [0.29, 0.717) is 17.4 Å². The van der Waals surface area contributed by atoms with Gasteiger partial charge in [-0.2, -0.15) is 0 Å². The maximum Gasteiger partial charge on any atom is 0.00987 e. The van der Waals surface area contributed by atoms with Crippen molar-refractivity contribution < 1.29 is 0 Å². The molecule has 2 atom stereocenters. The van der Waals surface area contributed by atoms with Crippen LogP contribution in [0.4, 0.5) is 0 Å². The third-order valence-corrected chi connectivity index (χ3v) is 5.92. The Morgan fingerprint density at radius 2 is 1.90 bits per heavy atom. The van der Waals surface area contributed by atoms with Gasteiger partial charge in [0.15, 0.2) is 0 Å². The van der Waals surface area contributed by atoms with Crippen molar-refractivity contribution in [2.45, 2.75) is 76.7 Å². The molecule has 0 aliphatic heterocycles. The highest BCUT2D eigenvalue weighted by Crippen LogP contribution is 2.43. The third-order valence-electron chi connectivity index (χ3n) is 5.92. The van der Waals surface area contributed by atoms with Crippen LogP contribution < -0.4 is 5.73 Å². The summed E-state index contributed by atoms with van der Waals surface area (Å²) in [6.07, 6.45) is 12.0. The minimum atomic E-state index is 0.374. The van der Waals surface area contributed by atoms with Crippen LogP contribution in [0.1, 0.15) is 75.3 Å². The van der Waals surface area contributed by atoms with Gasteiger partial charge in [-0.05, 0) is 61.0 Å². The molecule has 0 bridgehead atoms. The fourth-order valence-electron chi connectivity index (χ4n) is 4.42. The molecule has 2 aliphatic carbocycles. The molecule has 0 amide bonds. The van der Waals surface area contributed by atoms with E-state index in [4.69, 9.17) is 5.73 Å². The van der Waals surface area contributed by atoms with E-state index in [2.05, 4.69) is 31.2 Å². The first-order valence-electron chi connectivity index (χ1n) is 8.52. The molecule has 0 heterocycles. The van der Waals surface area contributed by atoms with Crippen LogP contribution in [0.5, 0.6) is 0 Å². The van der Waals surface area contributed by atoms with Gasteiger partial charge in [-0.15, -0.1) is 0 Å². The molecule has 20 heavy (non-hydrogen) atoms. The molecule has 1 heteroatoms. The number of rotatable bonds is 3. The average molecular weight is 271 g/mol. The number of benzene rings is 1. The van der Waals surface area contributed by atoms with Crippen LogP contribution in [0.25, 0.3) is 0 Å². The molecule has 1 saturated carbocycles. The topological polar surface area (TPSA) is 26.0 Å². The Morgan fingerprint density at radius 1 is 1.15 bits per heavy atom. The van der Waals surface area contributed by atoms with Crippen LogP contribution in [-0.4, -0.2) is 6.04 Å². The molecule has 2 N–H and O–H groups in total. The van der Waals surface area contributed by atoms with E-state index in [1.165, 1.54) is 57.8 Å². The van der Waals surface area contributed by atoms with E-state index in [9.17, 15) is 0 Å². The van der Waals surface area contributed by atoms with Crippen molar-refractivity contribution in [3.63, 3.8) is 0 Å². The Balaban J connectivity index is 1.72. The van der Waals surface area contributed by atoms with E-state index < -0.39 is 0 Å². The summed E-state index contributed by atoms with van der Waals surface area (Å²) in [6.45, 7) is 2.44. The minimum Gasteiger partial charge on any atom is -0.327 e. The molecular weight excluding hydrogens is 242 g/mol. The van der Waals surface area contributed by atoms with Gasteiger partial charge in [0.2, 0.25) is 0 Å². The summed E-state index contributed by atoms with van der Waals surface area (Å²) < 4.78 is 0. The van der Waals surface area contributed by atoms with Crippen molar-refractivity contribution in [3.8, 4) is 0 Å². The van der Waals surface area contributed by atoms with Gasteiger partial charge < -0.3 is 5.73 Å². The largest absolute Gasteiger partial charge is 0.327 e. The Hall–Kier alpha value is -0.820. The highest BCUT2D eigenvalue weighted by atomic mass is 14.7. The molecule has 110 valence electrons. The Labute approximate surface area is 124 Å². The monoisotopic (exact) mass is 271 g/mol. The van der Waals surface area contributed by atoms with Gasteiger partial charge in [0.25, 0.3) is 0 Å². The molecule has 1 nitrogen and oxygen atoms in total. The van der Waals surface area contributed by atoms with Gasteiger partial charge in [0.1, 0.15) is 0 Å². The first kappa shape index (κ1) is 14.1. The van der Waals surface area contributed by atoms with Crippen molar-refractivity contribution in [2.24, 2.45) is 11.1 Å². The first-order valence-corrected chi connectivity index (χ1v) is 8.52. The van der Waals surface area contributed by atoms with E-state index in [0.717, 1.165) is 0 Å². The average Bonchev–Trinajstić information content (AvgIpc) is 2.48. The van der Waals surface area contributed by atoms with Crippen LogP contribution >= 0.6 is 0 Å². The predicted octanol–water partition coefficient (Wildman–Crippen LogP) is 4.79. The maximum atomic E-state index is 6.67. The zero-order valence-corrected chi connectivity index (χ0v) is 12.9. The molecule has 0 spiro atoms. The highest BCUT2D eigenvalue weighted by molar-refractivity contribution is 5.32. The fraction of sp³-hybridized carbons (Fsp3) is 0.684. The SMILES string of the molecule is CC1(C(N)CC2CCCc3ccccc32)CCCCC1. The third kappa shape index (κ3) is 2.79. The molecule has 2 unspecified atom stereocenters. The normalized spacial score (nSPS) is 26.8. The first-order chi connectivity index (χ1) is 9.69.